The highest BCUT2D eigenvalue weighted by atomic mass is 19.4. The zero-order valence-electron chi connectivity index (χ0n) is 8.31. The zero-order valence-corrected chi connectivity index (χ0v) is 8.31. The van der Waals surface area contributed by atoms with Gasteiger partial charge in [-0.1, -0.05) is 0 Å². The van der Waals surface area contributed by atoms with E-state index in [2.05, 4.69) is 4.84 Å². The number of aromatic hydroxyl groups is 1. The van der Waals surface area contributed by atoms with Gasteiger partial charge in [-0.05, 0) is 17.7 Å². The number of rotatable bonds is 4. The fourth-order valence-corrected chi connectivity index (χ4v) is 0.987. The van der Waals surface area contributed by atoms with Gasteiger partial charge >= 0.3 is 6.18 Å². The number of alkyl halides is 3. The number of halogens is 5. The SMILES string of the molecule is Oc1c(F)cc(CNOCC(F)(F)F)cc1F. The summed E-state index contributed by atoms with van der Waals surface area (Å²) in [4.78, 5) is 4.03. The highest BCUT2D eigenvalue weighted by Crippen LogP contribution is 2.21. The Morgan fingerprint density at radius 1 is 1.18 bits per heavy atom. The van der Waals surface area contributed by atoms with E-state index in [4.69, 9.17) is 5.11 Å². The van der Waals surface area contributed by atoms with Gasteiger partial charge in [-0.3, -0.25) is 4.84 Å². The fourth-order valence-electron chi connectivity index (χ4n) is 0.987. The molecule has 0 spiro atoms. The third kappa shape index (κ3) is 4.53. The average Bonchev–Trinajstić information content (AvgIpc) is 2.19. The normalized spacial score (nSPS) is 11.8. The standard InChI is InChI=1S/C9H8F5NO2/c10-6-1-5(2-7(11)8(6)16)3-15-17-4-9(12,13)14/h1-2,15-16H,3-4H2. The first-order chi connectivity index (χ1) is 7.79. The molecule has 1 rings (SSSR count). The van der Waals surface area contributed by atoms with Crippen molar-refractivity contribution in [2.75, 3.05) is 6.61 Å². The van der Waals surface area contributed by atoms with Crippen LogP contribution in [0.1, 0.15) is 5.56 Å². The van der Waals surface area contributed by atoms with Crippen LogP contribution in [0.15, 0.2) is 12.1 Å². The summed E-state index contributed by atoms with van der Waals surface area (Å²) in [5.74, 6) is -3.53. The van der Waals surface area contributed by atoms with E-state index in [-0.39, 0.29) is 12.1 Å². The topological polar surface area (TPSA) is 41.5 Å². The van der Waals surface area contributed by atoms with E-state index in [1.807, 2.05) is 5.48 Å². The lowest BCUT2D eigenvalue weighted by Gasteiger charge is -2.09. The number of phenols is 1. The summed E-state index contributed by atoms with van der Waals surface area (Å²) in [6.45, 7) is -1.85. The monoisotopic (exact) mass is 257 g/mol. The van der Waals surface area contributed by atoms with Crippen LogP contribution in [0.3, 0.4) is 0 Å². The van der Waals surface area contributed by atoms with Crippen molar-refractivity contribution in [1.29, 1.82) is 0 Å². The molecule has 0 heterocycles. The number of benzene rings is 1. The summed E-state index contributed by atoms with van der Waals surface area (Å²) in [5.41, 5.74) is 1.90. The molecule has 0 aliphatic heterocycles. The Morgan fingerprint density at radius 3 is 2.18 bits per heavy atom. The van der Waals surface area contributed by atoms with E-state index >= 15 is 0 Å². The Labute approximate surface area is 92.8 Å². The molecule has 8 heteroatoms. The minimum Gasteiger partial charge on any atom is -0.503 e. The minimum atomic E-state index is -4.49. The van der Waals surface area contributed by atoms with Crippen molar-refractivity contribution in [3.63, 3.8) is 0 Å². The van der Waals surface area contributed by atoms with Crippen LogP contribution in [-0.4, -0.2) is 17.9 Å². The molecule has 0 aromatic heterocycles. The number of phenolic OH excluding ortho intramolecular Hbond substituents is 1. The van der Waals surface area contributed by atoms with E-state index in [0.29, 0.717) is 0 Å². The molecule has 0 saturated carbocycles. The maximum atomic E-state index is 12.8. The molecular formula is C9H8F5NO2. The van der Waals surface area contributed by atoms with Gasteiger partial charge in [0.15, 0.2) is 24.0 Å². The van der Waals surface area contributed by atoms with E-state index in [0.717, 1.165) is 12.1 Å². The molecule has 2 N–H and O–H groups in total. The number of nitrogens with one attached hydrogen (secondary N) is 1. The van der Waals surface area contributed by atoms with E-state index in [9.17, 15) is 22.0 Å². The highest BCUT2D eigenvalue weighted by Gasteiger charge is 2.27. The maximum Gasteiger partial charge on any atom is 0.413 e. The van der Waals surface area contributed by atoms with E-state index < -0.39 is 30.2 Å². The molecule has 17 heavy (non-hydrogen) atoms. The van der Waals surface area contributed by atoms with Crippen LogP contribution in [0.2, 0.25) is 0 Å². The molecular weight excluding hydrogens is 249 g/mol. The number of hydrogen-bond donors (Lipinski definition) is 2. The first kappa shape index (κ1) is 13.7. The van der Waals surface area contributed by atoms with Crippen LogP contribution < -0.4 is 5.48 Å². The van der Waals surface area contributed by atoms with Crippen LogP contribution in [0.4, 0.5) is 22.0 Å². The molecule has 0 radical (unpaired) electrons. The fraction of sp³-hybridized carbons (Fsp3) is 0.333. The number of hydrogen-bond acceptors (Lipinski definition) is 3. The third-order valence-corrected chi connectivity index (χ3v) is 1.69. The molecule has 0 bridgehead atoms. The van der Waals surface area contributed by atoms with Crippen molar-refractivity contribution in [1.82, 2.24) is 5.48 Å². The Bertz CT molecular complexity index is 370. The zero-order chi connectivity index (χ0) is 13.1. The summed E-state index contributed by atoms with van der Waals surface area (Å²) < 4.78 is 60.5. The van der Waals surface area contributed by atoms with Crippen molar-refractivity contribution >= 4 is 0 Å². The molecule has 0 amide bonds. The summed E-state index contributed by atoms with van der Waals surface area (Å²) >= 11 is 0. The highest BCUT2D eigenvalue weighted by molar-refractivity contribution is 5.29. The van der Waals surface area contributed by atoms with Crippen LogP contribution in [0, 0.1) is 11.6 Å². The van der Waals surface area contributed by atoms with Crippen LogP contribution >= 0.6 is 0 Å². The molecule has 96 valence electrons. The Balaban J connectivity index is 2.48. The molecule has 0 atom stereocenters. The molecule has 0 fully saturated rings. The second-order valence-electron chi connectivity index (χ2n) is 3.13. The van der Waals surface area contributed by atoms with Crippen LogP contribution in [-0.2, 0) is 11.4 Å². The maximum absolute atomic E-state index is 12.8. The predicted octanol–water partition coefficient (Wildman–Crippen LogP) is 2.25. The lowest BCUT2D eigenvalue weighted by atomic mass is 10.2. The summed E-state index contributed by atoms with van der Waals surface area (Å²) in [5, 5.41) is 8.76. The van der Waals surface area contributed by atoms with E-state index in [1.54, 1.807) is 0 Å². The van der Waals surface area contributed by atoms with Gasteiger partial charge in [0.05, 0.1) is 0 Å². The quantitative estimate of drug-likeness (QED) is 0.494. The molecule has 0 aliphatic carbocycles. The Kier molecular flexibility index (Phi) is 4.24. The van der Waals surface area contributed by atoms with Crippen molar-refractivity contribution in [2.24, 2.45) is 0 Å². The number of hydroxylamine groups is 1. The van der Waals surface area contributed by atoms with Crippen molar-refractivity contribution < 1.29 is 31.9 Å². The van der Waals surface area contributed by atoms with Gasteiger partial charge in [-0.2, -0.15) is 18.7 Å². The minimum absolute atomic E-state index is 0.0000236. The predicted molar refractivity (Wildman–Crippen MR) is 46.9 cm³/mol. The molecule has 1 aromatic carbocycles. The molecule has 3 nitrogen and oxygen atoms in total. The van der Waals surface area contributed by atoms with Crippen LogP contribution in [0.5, 0.6) is 5.75 Å². The van der Waals surface area contributed by atoms with Gasteiger partial charge < -0.3 is 5.11 Å². The largest absolute Gasteiger partial charge is 0.503 e. The second kappa shape index (κ2) is 5.28. The molecule has 1 aromatic rings. The van der Waals surface area contributed by atoms with Crippen molar-refractivity contribution in [3.8, 4) is 5.75 Å². The average molecular weight is 257 g/mol. The van der Waals surface area contributed by atoms with Gasteiger partial charge in [-0.15, -0.1) is 0 Å². The van der Waals surface area contributed by atoms with Gasteiger partial charge in [0.25, 0.3) is 0 Å². The Hall–Kier alpha value is -1.41. The second-order valence-corrected chi connectivity index (χ2v) is 3.13. The van der Waals surface area contributed by atoms with Gasteiger partial charge in [0.1, 0.15) is 0 Å². The van der Waals surface area contributed by atoms with Crippen molar-refractivity contribution in [3.05, 3.63) is 29.3 Å². The lowest BCUT2D eigenvalue weighted by molar-refractivity contribution is -0.190. The Morgan fingerprint density at radius 2 is 1.71 bits per heavy atom. The summed E-state index contributed by atoms with van der Waals surface area (Å²) in [6, 6.07) is 1.56. The van der Waals surface area contributed by atoms with Gasteiger partial charge in [-0.25, -0.2) is 8.78 Å². The molecule has 0 unspecified atom stereocenters. The summed E-state index contributed by atoms with van der Waals surface area (Å²) in [6.07, 6.45) is -4.49. The third-order valence-electron chi connectivity index (χ3n) is 1.69. The lowest BCUT2D eigenvalue weighted by Crippen LogP contribution is -2.24. The van der Waals surface area contributed by atoms with E-state index in [1.165, 1.54) is 0 Å². The van der Waals surface area contributed by atoms with Gasteiger partial charge in [0.2, 0.25) is 0 Å². The smallest absolute Gasteiger partial charge is 0.413 e. The van der Waals surface area contributed by atoms with Gasteiger partial charge in [0, 0.05) is 6.54 Å². The molecule has 0 saturated heterocycles. The summed E-state index contributed by atoms with van der Waals surface area (Å²) in [7, 11) is 0. The van der Waals surface area contributed by atoms with Crippen LogP contribution in [0.25, 0.3) is 0 Å². The van der Waals surface area contributed by atoms with Crippen molar-refractivity contribution in [2.45, 2.75) is 12.7 Å². The molecule has 0 aliphatic rings. The first-order valence-corrected chi connectivity index (χ1v) is 4.38. The first-order valence-electron chi connectivity index (χ1n) is 4.38.